The van der Waals surface area contributed by atoms with Gasteiger partial charge >= 0.3 is 0 Å². The predicted molar refractivity (Wildman–Crippen MR) is 253 cm³/mol. The van der Waals surface area contributed by atoms with Gasteiger partial charge in [0.2, 0.25) is 0 Å². The number of carbonyl (C=O) groups is 2. The summed E-state index contributed by atoms with van der Waals surface area (Å²) in [5.41, 5.74) is 10.4. The SMILES string of the molecule is CNCc1cc(O)cc([C@@H]2C[C@@]3(C4CCCC4)[C@H]4CCC5=C([C@H](C)C[C@@H](O)[C@H]6O[C@]6(C)[C@@H]6CCC[C@H]6c6cccc(N)c6)C(=O)C[C@]5(C)[C@@]4(C)C[C@H](NC[C@H](C)O)[C@H]3C(C)(C)C2=O)c1. The van der Waals surface area contributed by atoms with Crippen molar-refractivity contribution in [3.8, 4) is 5.75 Å². The Morgan fingerprint density at radius 1 is 0.906 bits per heavy atom. The molecule has 0 aromatic heterocycles. The Morgan fingerprint density at radius 3 is 2.36 bits per heavy atom. The summed E-state index contributed by atoms with van der Waals surface area (Å²) >= 11 is 0. The summed E-state index contributed by atoms with van der Waals surface area (Å²) in [6, 6.07) is 14.0. The number of hydrogen-bond acceptors (Lipinski definition) is 9. The zero-order valence-corrected chi connectivity index (χ0v) is 40.1. The average molecular weight is 878 g/mol. The Morgan fingerprint density at radius 2 is 1.66 bits per heavy atom. The van der Waals surface area contributed by atoms with Crippen molar-refractivity contribution < 1.29 is 29.6 Å². The molecular formula is C55H79N3O6. The van der Waals surface area contributed by atoms with Crippen LogP contribution >= 0.6 is 0 Å². The largest absolute Gasteiger partial charge is 0.508 e. The topological polar surface area (TPSA) is 157 Å². The number of nitrogens with two attached hydrogens (primary N) is 1. The standard InChI is InChI=1S/C55H79N3O6/c1-31(21-44(61)50-54(7,64-50)41-18-12-17-39(41)34-13-11-16-37(56)24-34)47-42-19-20-46-53(6,52(42,5)28-45(47)62)27-43(58-29-32(2)59)48-51(3,4)49(63)40(26-55(46,48)36-14-9-10-15-36)35-22-33(30-57-8)23-38(60)25-35/h11,13,16,22-25,31-32,36,39-41,43-44,46,48,50,57-61H,9-10,12,14-15,17-21,26-30,56H2,1-8H3/t31-,32+,39+,40+,41-,43+,44-,46+,48+,50-,52+,53+,54-,55-/m1/s1. The number of nitrogens with one attached hydrogen (secondary N) is 2. The van der Waals surface area contributed by atoms with Crippen LogP contribution in [0.5, 0.6) is 5.75 Å². The van der Waals surface area contributed by atoms with E-state index in [2.05, 4.69) is 70.4 Å². The van der Waals surface area contributed by atoms with Crippen LogP contribution in [0, 0.1) is 51.2 Å². The van der Waals surface area contributed by atoms with Crippen LogP contribution in [0.1, 0.15) is 160 Å². The highest BCUT2D eigenvalue weighted by Gasteiger charge is 2.74. The predicted octanol–water partition coefficient (Wildman–Crippen LogP) is 9.13. The third-order valence-electron chi connectivity index (χ3n) is 19.6. The summed E-state index contributed by atoms with van der Waals surface area (Å²) in [6.45, 7) is 16.5. The van der Waals surface area contributed by atoms with Gasteiger partial charge in [-0.1, -0.05) is 77.7 Å². The smallest absolute Gasteiger partial charge is 0.159 e. The van der Waals surface area contributed by atoms with Crippen molar-refractivity contribution in [2.45, 2.75) is 180 Å². The molecule has 0 bridgehead atoms. The maximum atomic E-state index is 15.3. The van der Waals surface area contributed by atoms with Crippen LogP contribution in [0.3, 0.4) is 0 Å². The van der Waals surface area contributed by atoms with E-state index in [1.165, 1.54) is 24.0 Å². The lowest BCUT2D eigenvalue weighted by molar-refractivity contribution is -0.217. The average Bonchev–Trinajstić information content (AvgIpc) is 3.66. The van der Waals surface area contributed by atoms with E-state index < -0.39 is 28.6 Å². The molecule has 0 amide bonds. The molecule has 1 saturated heterocycles. The van der Waals surface area contributed by atoms with E-state index in [1.807, 2.05) is 32.2 Å². The molecule has 7 N–H and O–H groups in total. The highest BCUT2D eigenvalue weighted by Crippen LogP contribution is 2.77. The second-order valence-electron chi connectivity index (χ2n) is 23.5. The number of ether oxygens (including phenoxy) is 1. The van der Waals surface area contributed by atoms with E-state index in [9.17, 15) is 20.1 Å². The number of aromatic hydroxyl groups is 1. The van der Waals surface area contributed by atoms with Crippen LogP contribution in [0.15, 0.2) is 53.6 Å². The summed E-state index contributed by atoms with van der Waals surface area (Å²) < 4.78 is 6.54. The quantitative estimate of drug-likeness (QED) is 0.0853. The Kier molecular flexibility index (Phi) is 11.9. The molecule has 6 fully saturated rings. The molecule has 0 unspecified atom stereocenters. The number of rotatable bonds is 13. The summed E-state index contributed by atoms with van der Waals surface area (Å²) in [6.07, 6.45) is 10.8. The number of carbonyl (C=O) groups excluding carboxylic acids is 2. The van der Waals surface area contributed by atoms with Crippen LogP contribution < -0.4 is 16.4 Å². The zero-order valence-electron chi connectivity index (χ0n) is 40.1. The molecule has 0 spiro atoms. The number of ketones is 2. The summed E-state index contributed by atoms with van der Waals surface area (Å²) in [7, 11) is 1.91. The van der Waals surface area contributed by atoms with Gasteiger partial charge in [0.05, 0.1) is 17.8 Å². The van der Waals surface area contributed by atoms with Gasteiger partial charge < -0.3 is 36.4 Å². The molecule has 9 nitrogen and oxygen atoms in total. The van der Waals surface area contributed by atoms with Gasteiger partial charge in [-0.15, -0.1) is 0 Å². The molecule has 1 aliphatic heterocycles. The van der Waals surface area contributed by atoms with Crippen LogP contribution in [-0.2, 0) is 20.9 Å². The number of epoxide rings is 1. The zero-order chi connectivity index (χ0) is 45.7. The molecule has 0 radical (unpaired) electrons. The number of nitrogen functional groups attached to an aromatic ring is 1. The number of phenols is 1. The molecule has 1 heterocycles. The summed E-state index contributed by atoms with van der Waals surface area (Å²) in [4.78, 5) is 30.1. The first-order valence-electron chi connectivity index (χ1n) is 25.2. The maximum absolute atomic E-state index is 15.3. The second kappa shape index (κ2) is 16.6. The fraction of sp³-hybridized carbons (Fsp3) is 0.709. The fourth-order valence-corrected chi connectivity index (χ4v) is 17.0. The maximum Gasteiger partial charge on any atom is 0.159 e. The lowest BCUT2D eigenvalue weighted by Gasteiger charge is -2.72. The van der Waals surface area contributed by atoms with Gasteiger partial charge in [-0.25, -0.2) is 0 Å². The molecule has 64 heavy (non-hydrogen) atoms. The molecule has 14 atom stereocenters. The number of aliphatic hydroxyl groups is 2. The van der Waals surface area contributed by atoms with Gasteiger partial charge in [0.1, 0.15) is 17.6 Å². The summed E-state index contributed by atoms with van der Waals surface area (Å²) in [5.74, 6) is 1.60. The number of fused-ring (bicyclic) bond motifs is 5. The first kappa shape index (κ1) is 46.0. The van der Waals surface area contributed by atoms with Crippen LogP contribution in [0.25, 0.3) is 0 Å². The number of phenolic OH excluding ortho intramolecular Hbond substituents is 1. The van der Waals surface area contributed by atoms with Gasteiger partial charge in [-0.3, -0.25) is 9.59 Å². The highest BCUT2D eigenvalue weighted by molar-refractivity contribution is 6.00. The molecule has 350 valence electrons. The van der Waals surface area contributed by atoms with Crippen molar-refractivity contribution in [2.24, 2.45) is 51.2 Å². The first-order valence-corrected chi connectivity index (χ1v) is 25.2. The minimum atomic E-state index is -0.679. The van der Waals surface area contributed by atoms with Gasteiger partial charge in [-0.2, -0.15) is 0 Å². The Bertz CT molecular complexity index is 2160. The molecule has 9 rings (SSSR count). The summed E-state index contributed by atoms with van der Waals surface area (Å²) in [5, 5.41) is 41.1. The lowest BCUT2D eigenvalue weighted by Crippen LogP contribution is -2.72. The Balaban J connectivity index is 1.07. The number of Topliss-reactive ketones (excluding diaryl/α,β-unsaturated/α-hetero) is 2. The molecule has 6 aliphatic carbocycles. The van der Waals surface area contributed by atoms with Crippen LogP contribution in [-0.4, -0.2) is 70.4 Å². The van der Waals surface area contributed by atoms with E-state index in [0.717, 1.165) is 80.2 Å². The lowest BCUT2D eigenvalue weighted by atomic mass is 9.32. The number of allylic oxidation sites excluding steroid dienone is 2. The minimum absolute atomic E-state index is 0.0358. The van der Waals surface area contributed by atoms with E-state index in [1.54, 1.807) is 6.07 Å². The van der Waals surface area contributed by atoms with Gasteiger partial charge in [0, 0.05) is 48.0 Å². The van der Waals surface area contributed by atoms with Crippen molar-refractivity contribution in [3.63, 3.8) is 0 Å². The molecular weight excluding hydrogens is 799 g/mol. The first-order chi connectivity index (χ1) is 30.3. The number of aliphatic hydroxyl groups excluding tert-OH is 2. The third kappa shape index (κ3) is 7.18. The Labute approximate surface area is 383 Å². The van der Waals surface area contributed by atoms with Crippen molar-refractivity contribution in [1.82, 2.24) is 10.6 Å². The molecule has 9 heteroatoms. The van der Waals surface area contributed by atoms with Gasteiger partial charge in [-0.05, 0) is 172 Å². The van der Waals surface area contributed by atoms with Crippen molar-refractivity contribution in [1.29, 1.82) is 0 Å². The Hall–Kier alpha value is -3.08. The number of anilines is 1. The minimum Gasteiger partial charge on any atom is -0.508 e. The van der Waals surface area contributed by atoms with Gasteiger partial charge in [0.25, 0.3) is 0 Å². The van der Waals surface area contributed by atoms with Crippen molar-refractivity contribution in [3.05, 3.63) is 70.3 Å². The third-order valence-corrected chi connectivity index (χ3v) is 19.6. The van der Waals surface area contributed by atoms with E-state index in [0.29, 0.717) is 43.7 Å². The van der Waals surface area contributed by atoms with E-state index >= 15 is 4.79 Å². The molecule has 7 aliphatic rings. The van der Waals surface area contributed by atoms with Crippen molar-refractivity contribution >= 4 is 17.3 Å². The van der Waals surface area contributed by atoms with Gasteiger partial charge in [0.15, 0.2) is 5.78 Å². The number of hydrogen-bond donors (Lipinski definition) is 6. The van der Waals surface area contributed by atoms with Crippen LogP contribution in [0.2, 0.25) is 0 Å². The molecule has 2 aromatic rings. The normalized spacial score (nSPS) is 39.6. The molecule has 2 aromatic carbocycles. The highest BCUT2D eigenvalue weighted by atomic mass is 16.6. The fourth-order valence-electron chi connectivity index (χ4n) is 17.0. The van der Waals surface area contributed by atoms with Crippen LogP contribution in [0.4, 0.5) is 5.69 Å². The second-order valence-corrected chi connectivity index (χ2v) is 23.5. The molecule has 5 saturated carbocycles. The van der Waals surface area contributed by atoms with E-state index in [-0.39, 0.29) is 64.0 Å². The number of benzene rings is 2. The van der Waals surface area contributed by atoms with Crippen molar-refractivity contribution in [2.75, 3.05) is 19.3 Å². The van der Waals surface area contributed by atoms with E-state index in [4.69, 9.17) is 10.5 Å². The monoisotopic (exact) mass is 878 g/mol.